The molecule has 1 aliphatic rings. The molecule has 0 fully saturated rings. The zero-order valence-electron chi connectivity index (χ0n) is 11.6. The maximum Gasteiger partial charge on any atom is 0.337 e. The molecule has 7 heteroatoms. The van der Waals surface area contributed by atoms with Gasteiger partial charge in [0.1, 0.15) is 5.82 Å². The summed E-state index contributed by atoms with van der Waals surface area (Å²) < 4.78 is 18.8. The van der Waals surface area contributed by atoms with E-state index >= 15 is 0 Å². The molecule has 21 heavy (non-hydrogen) atoms. The molecule has 2 unspecified atom stereocenters. The Morgan fingerprint density at radius 1 is 1.52 bits per heavy atom. The van der Waals surface area contributed by atoms with Gasteiger partial charge in [-0.05, 0) is 31.5 Å². The summed E-state index contributed by atoms with van der Waals surface area (Å²) in [4.78, 5) is 12.1. The van der Waals surface area contributed by atoms with E-state index in [4.69, 9.17) is 4.74 Å². The number of aliphatic hydroxyl groups is 1. The van der Waals surface area contributed by atoms with Crippen LogP contribution in [0.15, 0.2) is 33.9 Å². The fourth-order valence-corrected chi connectivity index (χ4v) is 2.82. The molecule has 0 spiro atoms. The van der Waals surface area contributed by atoms with Crippen LogP contribution in [0, 0.1) is 5.82 Å². The standard InChI is InChI=1S/C14H16BrFN2O3/c1-3-21-13(19)11-7(2)17-14(20)18-12(11)9-5-4-8(16)6-10(9)15/h4-6,12,14,17-18,20H,3H2,1-2H3. The predicted octanol–water partition coefficient (Wildman–Crippen LogP) is 1.94. The van der Waals surface area contributed by atoms with Crippen LogP contribution in [0.1, 0.15) is 25.5 Å². The van der Waals surface area contributed by atoms with Crippen LogP contribution in [0.4, 0.5) is 4.39 Å². The van der Waals surface area contributed by atoms with Crippen LogP contribution in [0.5, 0.6) is 0 Å². The van der Waals surface area contributed by atoms with Gasteiger partial charge in [-0.3, -0.25) is 5.32 Å². The van der Waals surface area contributed by atoms with E-state index in [1.165, 1.54) is 12.1 Å². The highest BCUT2D eigenvalue weighted by Gasteiger charge is 2.33. The smallest absolute Gasteiger partial charge is 0.337 e. The predicted molar refractivity (Wildman–Crippen MR) is 78.5 cm³/mol. The Morgan fingerprint density at radius 3 is 2.86 bits per heavy atom. The Hall–Kier alpha value is -1.44. The molecule has 0 amide bonds. The van der Waals surface area contributed by atoms with Gasteiger partial charge in [-0.15, -0.1) is 0 Å². The molecule has 1 aromatic rings. The third-order valence-electron chi connectivity index (χ3n) is 3.14. The lowest BCUT2D eigenvalue weighted by Crippen LogP contribution is -2.49. The number of rotatable bonds is 3. The Balaban J connectivity index is 2.47. The minimum atomic E-state index is -1.01. The fraction of sp³-hybridized carbons (Fsp3) is 0.357. The van der Waals surface area contributed by atoms with Crippen LogP contribution in [0.3, 0.4) is 0 Å². The third-order valence-corrected chi connectivity index (χ3v) is 3.83. The second-order valence-corrected chi connectivity index (χ2v) is 5.43. The van der Waals surface area contributed by atoms with Crippen molar-refractivity contribution in [1.29, 1.82) is 0 Å². The average Bonchev–Trinajstić information content (AvgIpc) is 2.37. The molecular formula is C14H16BrFN2O3. The highest BCUT2D eigenvalue weighted by atomic mass is 79.9. The van der Waals surface area contributed by atoms with E-state index < -0.39 is 24.2 Å². The van der Waals surface area contributed by atoms with Gasteiger partial charge in [0.15, 0.2) is 6.35 Å². The number of esters is 1. The number of carbonyl (C=O) groups is 1. The largest absolute Gasteiger partial charge is 0.463 e. The normalized spacial score (nSPS) is 22.0. The Labute approximate surface area is 130 Å². The van der Waals surface area contributed by atoms with Crippen molar-refractivity contribution in [3.8, 4) is 0 Å². The van der Waals surface area contributed by atoms with Gasteiger partial charge in [0.2, 0.25) is 0 Å². The van der Waals surface area contributed by atoms with Gasteiger partial charge in [-0.1, -0.05) is 22.0 Å². The maximum atomic E-state index is 13.2. The first-order valence-corrected chi connectivity index (χ1v) is 7.26. The lowest BCUT2D eigenvalue weighted by molar-refractivity contribution is -0.139. The summed E-state index contributed by atoms with van der Waals surface area (Å²) in [5, 5.41) is 15.4. The minimum Gasteiger partial charge on any atom is -0.463 e. The van der Waals surface area contributed by atoms with Crippen molar-refractivity contribution < 1.29 is 19.0 Å². The van der Waals surface area contributed by atoms with Crippen LogP contribution >= 0.6 is 15.9 Å². The highest BCUT2D eigenvalue weighted by Crippen LogP contribution is 2.33. The first-order valence-electron chi connectivity index (χ1n) is 6.47. The topological polar surface area (TPSA) is 70.6 Å². The van der Waals surface area contributed by atoms with E-state index in [2.05, 4.69) is 26.6 Å². The van der Waals surface area contributed by atoms with Gasteiger partial charge < -0.3 is 15.2 Å². The number of hydrogen-bond acceptors (Lipinski definition) is 5. The van der Waals surface area contributed by atoms with Gasteiger partial charge in [0, 0.05) is 10.2 Å². The molecule has 0 radical (unpaired) electrons. The molecule has 2 atom stereocenters. The van der Waals surface area contributed by atoms with Crippen LogP contribution < -0.4 is 10.6 Å². The van der Waals surface area contributed by atoms with Gasteiger partial charge in [0.05, 0.1) is 18.2 Å². The number of hydrogen-bond donors (Lipinski definition) is 3. The molecule has 0 aliphatic carbocycles. The van der Waals surface area contributed by atoms with E-state index in [0.717, 1.165) is 0 Å². The summed E-state index contributed by atoms with van der Waals surface area (Å²) in [7, 11) is 0. The molecule has 3 N–H and O–H groups in total. The molecule has 5 nitrogen and oxygen atoms in total. The maximum absolute atomic E-state index is 13.2. The second-order valence-electron chi connectivity index (χ2n) is 4.57. The quantitative estimate of drug-likeness (QED) is 0.720. The Kier molecular flexibility index (Phi) is 4.97. The number of carbonyl (C=O) groups excluding carboxylic acids is 1. The van der Waals surface area contributed by atoms with E-state index in [1.807, 2.05) is 0 Å². The minimum absolute atomic E-state index is 0.246. The summed E-state index contributed by atoms with van der Waals surface area (Å²) in [5.74, 6) is -0.874. The summed E-state index contributed by atoms with van der Waals surface area (Å²) in [6.45, 7) is 3.64. The van der Waals surface area contributed by atoms with Crippen molar-refractivity contribution in [2.75, 3.05) is 6.61 Å². The summed E-state index contributed by atoms with van der Waals surface area (Å²) in [5.41, 5.74) is 1.51. The van der Waals surface area contributed by atoms with E-state index in [0.29, 0.717) is 21.3 Å². The monoisotopic (exact) mass is 358 g/mol. The van der Waals surface area contributed by atoms with Crippen LogP contribution in [0.2, 0.25) is 0 Å². The van der Waals surface area contributed by atoms with Gasteiger partial charge in [-0.25, -0.2) is 9.18 Å². The molecule has 1 aromatic carbocycles. The van der Waals surface area contributed by atoms with Crippen LogP contribution in [-0.4, -0.2) is 24.0 Å². The fourth-order valence-electron chi connectivity index (χ4n) is 2.24. The summed E-state index contributed by atoms with van der Waals surface area (Å²) in [6.07, 6.45) is -1.01. The number of benzene rings is 1. The second kappa shape index (κ2) is 6.55. The summed E-state index contributed by atoms with van der Waals surface area (Å²) in [6, 6.07) is 3.56. The van der Waals surface area contributed by atoms with Crippen molar-refractivity contribution in [1.82, 2.24) is 10.6 Å². The van der Waals surface area contributed by atoms with Crippen molar-refractivity contribution in [2.45, 2.75) is 26.2 Å². The van der Waals surface area contributed by atoms with E-state index in [1.54, 1.807) is 19.9 Å². The number of halogens is 2. The molecule has 0 saturated heterocycles. The van der Waals surface area contributed by atoms with Gasteiger partial charge in [0.25, 0.3) is 0 Å². The molecular weight excluding hydrogens is 343 g/mol. The molecule has 0 bridgehead atoms. The van der Waals surface area contributed by atoms with Crippen LogP contribution in [-0.2, 0) is 9.53 Å². The third kappa shape index (κ3) is 3.42. The number of allylic oxidation sites excluding steroid dienone is 1. The average molecular weight is 359 g/mol. The molecule has 0 saturated carbocycles. The SMILES string of the molecule is CCOC(=O)C1=C(C)NC(O)NC1c1ccc(F)cc1Br. The van der Waals surface area contributed by atoms with Crippen LogP contribution in [0.25, 0.3) is 0 Å². The molecule has 1 heterocycles. The molecule has 0 aromatic heterocycles. The first-order chi connectivity index (χ1) is 9.93. The number of ether oxygens (including phenoxy) is 1. The summed E-state index contributed by atoms with van der Waals surface area (Å²) >= 11 is 3.28. The molecule has 2 rings (SSSR count). The van der Waals surface area contributed by atoms with E-state index in [9.17, 15) is 14.3 Å². The van der Waals surface area contributed by atoms with Gasteiger partial charge in [-0.2, -0.15) is 0 Å². The van der Waals surface area contributed by atoms with Crippen molar-refractivity contribution in [2.24, 2.45) is 0 Å². The van der Waals surface area contributed by atoms with Crippen molar-refractivity contribution in [3.05, 3.63) is 45.3 Å². The lowest BCUT2D eigenvalue weighted by Gasteiger charge is -2.32. The van der Waals surface area contributed by atoms with Crippen molar-refractivity contribution in [3.63, 3.8) is 0 Å². The number of nitrogens with one attached hydrogen (secondary N) is 2. The zero-order chi connectivity index (χ0) is 15.6. The number of aliphatic hydroxyl groups excluding tert-OH is 1. The Bertz CT molecular complexity index is 592. The zero-order valence-corrected chi connectivity index (χ0v) is 13.2. The first kappa shape index (κ1) is 15.9. The molecule has 114 valence electrons. The van der Waals surface area contributed by atoms with Gasteiger partial charge >= 0.3 is 5.97 Å². The van der Waals surface area contributed by atoms with E-state index in [-0.39, 0.29) is 6.61 Å². The molecule has 1 aliphatic heterocycles. The highest BCUT2D eigenvalue weighted by molar-refractivity contribution is 9.10. The van der Waals surface area contributed by atoms with Crippen molar-refractivity contribution >= 4 is 21.9 Å². The Morgan fingerprint density at radius 2 is 2.24 bits per heavy atom. The lowest BCUT2D eigenvalue weighted by atomic mass is 9.95.